The molecule has 0 saturated carbocycles. The minimum absolute atomic E-state index is 0.366. The molecule has 1 N–H and O–H groups in total. The minimum atomic E-state index is 0.366. The molecule has 0 heterocycles. The molecule has 0 aliphatic heterocycles. The highest BCUT2D eigenvalue weighted by atomic mass is 16.4. The third kappa shape index (κ3) is 5.40. The zero-order valence-electron chi connectivity index (χ0n) is 10.2. The molecule has 1 unspecified atom stereocenters. The van der Waals surface area contributed by atoms with Gasteiger partial charge in [0.2, 0.25) is 0 Å². The second kappa shape index (κ2) is 8.27. The van der Waals surface area contributed by atoms with Gasteiger partial charge in [0.25, 0.3) is 0 Å². The molecule has 0 aromatic rings. The summed E-state index contributed by atoms with van der Waals surface area (Å²) in [7, 11) is 0. The van der Waals surface area contributed by atoms with Gasteiger partial charge in [-0.05, 0) is 26.2 Å². The maximum Gasteiger partial charge on any atom is 0.0604 e. The second-order valence-corrected chi connectivity index (χ2v) is 3.83. The van der Waals surface area contributed by atoms with Crippen molar-refractivity contribution in [2.24, 2.45) is 11.1 Å². The molecule has 0 amide bonds. The number of oxime groups is 1. The van der Waals surface area contributed by atoms with E-state index in [0.717, 1.165) is 31.4 Å². The Kier molecular flexibility index (Phi) is 7.69. The number of hydrogen-bond acceptors (Lipinski definition) is 2. The molecule has 0 fully saturated rings. The van der Waals surface area contributed by atoms with Crippen LogP contribution in [-0.2, 0) is 0 Å². The lowest BCUT2D eigenvalue weighted by Gasteiger charge is -2.14. The Morgan fingerprint density at radius 1 is 1.47 bits per heavy atom. The Morgan fingerprint density at radius 2 is 2.13 bits per heavy atom. The van der Waals surface area contributed by atoms with Crippen LogP contribution in [0.5, 0.6) is 0 Å². The lowest BCUT2D eigenvalue weighted by molar-refractivity contribution is 0.312. The quantitative estimate of drug-likeness (QED) is 0.290. The number of rotatable bonds is 7. The molecule has 0 aromatic carbocycles. The molecule has 0 radical (unpaired) electrons. The van der Waals surface area contributed by atoms with Crippen molar-refractivity contribution in [3.63, 3.8) is 0 Å². The third-order valence-corrected chi connectivity index (χ3v) is 2.64. The van der Waals surface area contributed by atoms with Gasteiger partial charge < -0.3 is 5.21 Å². The molecule has 2 nitrogen and oxygen atoms in total. The van der Waals surface area contributed by atoms with Gasteiger partial charge in [-0.25, -0.2) is 0 Å². The van der Waals surface area contributed by atoms with Crippen LogP contribution >= 0.6 is 0 Å². The first-order valence-electron chi connectivity index (χ1n) is 5.69. The van der Waals surface area contributed by atoms with Crippen molar-refractivity contribution in [3.8, 4) is 0 Å². The summed E-state index contributed by atoms with van der Waals surface area (Å²) in [6, 6.07) is 0. The van der Waals surface area contributed by atoms with Crippen LogP contribution in [0.25, 0.3) is 0 Å². The van der Waals surface area contributed by atoms with Crippen LogP contribution in [0.4, 0.5) is 0 Å². The van der Waals surface area contributed by atoms with Crippen LogP contribution in [0.3, 0.4) is 0 Å². The van der Waals surface area contributed by atoms with Gasteiger partial charge in [0.15, 0.2) is 0 Å². The average molecular weight is 209 g/mol. The second-order valence-electron chi connectivity index (χ2n) is 3.83. The van der Waals surface area contributed by atoms with Crippen LogP contribution < -0.4 is 0 Å². The van der Waals surface area contributed by atoms with Crippen LogP contribution in [0.15, 0.2) is 29.5 Å². The lowest BCUT2D eigenvalue weighted by Crippen LogP contribution is -2.13. The molecule has 0 spiro atoms. The summed E-state index contributed by atoms with van der Waals surface area (Å²) in [4.78, 5) is 0. The van der Waals surface area contributed by atoms with Crippen molar-refractivity contribution in [1.29, 1.82) is 0 Å². The summed E-state index contributed by atoms with van der Waals surface area (Å²) in [5.74, 6) is 0.366. The summed E-state index contributed by atoms with van der Waals surface area (Å²) >= 11 is 0. The Morgan fingerprint density at radius 3 is 2.53 bits per heavy atom. The highest BCUT2D eigenvalue weighted by molar-refractivity contribution is 5.86. The molecule has 0 aliphatic carbocycles. The molecular weight excluding hydrogens is 186 g/mol. The van der Waals surface area contributed by atoms with Gasteiger partial charge in [-0.3, -0.25) is 0 Å². The molecular formula is C13H23NO. The molecule has 0 aliphatic rings. The molecule has 0 aromatic heterocycles. The van der Waals surface area contributed by atoms with Gasteiger partial charge in [-0.2, -0.15) is 0 Å². The summed E-state index contributed by atoms with van der Waals surface area (Å²) in [5.41, 5.74) is 2.11. The van der Waals surface area contributed by atoms with E-state index < -0.39 is 0 Å². The Balaban J connectivity index is 4.41. The average Bonchev–Trinajstić information content (AvgIpc) is 2.27. The fourth-order valence-corrected chi connectivity index (χ4v) is 1.54. The topological polar surface area (TPSA) is 32.6 Å². The zero-order chi connectivity index (χ0) is 11.7. The highest BCUT2D eigenvalue weighted by Gasteiger charge is 2.12. The molecule has 15 heavy (non-hydrogen) atoms. The maximum absolute atomic E-state index is 8.93. The van der Waals surface area contributed by atoms with E-state index in [0.29, 0.717) is 5.92 Å². The molecule has 86 valence electrons. The lowest BCUT2D eigenvalue weighted by atomic mass is 9.93. The van der Waals surface area contributed by atoms with E-state index in [1.807, 2.05) is 13.0 Å². The molecule has 0 rings (SSSR count). The van der Waals surface area contributed by atoms with Gasteiger partial charge in [0, 0.05) is 5.92 Å². The molecule has 0 bridgehead atoms. The summed E-state index contributed by atoms with van der Waals surface area (Å²) in [6.45, 7) is 9.98. The summed E-state index contributed by atoms with van der Waals surface area (Å²) < 4.78 is 0. The van der Waals surface area contributed by atoms with E-state index in [2.05, 4.69) is 31.7 Å². The van der Waals surface area contributed by atoms with E-state index in [9.17, 15) is 0 Å². The van der Waals surface area contributed by atoms with Crippen LogP contribution in [0.1, 0.15) is 46.5 Å². The monoisotopic (exact) mass is 209 g/mol. The number of hydrogen-bond donors (Lipinski definition) is 1. The maximum atomic E-state index is 8.93. The van der Waals surface area contributed by atoms with Gasteiger partial charge in [0.05, 0.1) is 5.71 Å². The van der Waals surface area contributed by atoms with Crippen LogP contribution in [-0.4, -0.2) is 10.9 Å². The fourth-order valence-electron chi connectivity index (χ4n) is 1.54. The van der Waals surface area contributed by atoms with Crippen molar-refractivity contribution >= 4 is 5.71 Å². The smallest absolute Gasteiger partial charge is 0.0604 e. The third-order valence-electron chi connectivity index (χ3n) is 2.64. The van der Waals surface area contributed by atoms with Gasteiger partial charge in [-0.1, -0.05) is 49.7 Å². The molecule has 2 heteroatoms. The van der Waals surface area contributed by atoms with Gasteiger partial charge in [-0.15, -0.1) is 0 Å². The largest absolute Gasteiger partial charge is 0.411 e. The summed E-state index contributed by atoms with van der Waals surface area (Å²) in [6.07, 6.45) is 7.87. The van der Waals surface area contributed by atoms with Gasteiger partial charge in [0.1, 0.15) is 0 Å². The first-order chi connectivity index (χ1) is 7.19. The van der Waals surface area contributed by atoms with Crippen molar-refractivity contribution in [1.82, 2.24) is 0 Å². The number of nitrogens with zero attached hydrogens (tertiary/aromatic N) is 1. The molecule has 1 atom stereocenters. The molecule has 0 saturated heterocycles. The Hall–Kier alpha value is -1.05. The number of allylic oxidation sites excluding steroid dienone is 3. The fraction of sp³-hybridized carbons (Fsp3) is 0.615. The minimum Gasteiger partial charge on any atom is -0.411 e. The van der Waals surface area contributed by atoms with Crippen molar-refractivity contribution in [2.75, 3.05) is 0 Å². The SMILES string of the molecule is C=C/C(C)=C/CC(CC)/C(CCC)=N/O. The van der Waals surface area contributed by atoms with E-state index in [-0.39, 0.29) is 0 Å². The first kappa shape index (κ1) is 13.9. The predicted molar refractivity (Wildman–Crippen MR) is 66.5 cm³/mol. The predicted octanol–water partition coefficient (Wildman–Crippen LogP) is 4.17. The zero-order valence-corrected chi connectivity index (χ0v) is 10.2. The summed E-state index contributed by atoms with van der Waals surface area (Å²) in [5, 5.41) is 12.3. The van der Waals surface area contributed by atoms with Crippen molar-refractivity contribution in [2.45, 2.75) is 46.5 Å². The Bertz CT molecular complexity index is 241. The normalized spacial score (nSPS) is 15.1. The van der Waals surface area contributed by atoms with Crippen LogP contribution in [0.2, 0.25) is 0 Å². The van der Waals surface area contributed by atoms with E-state index in [1.165, 1.54) is 5.57 Å². The standard InChI is InChI=1S/C13H23NO/c1-5-8-13(14-15)12(7-3)10-9-11(4)6-2/h6,9,12,15H,2,5,7-8,10H2,1,3-4H3/b11-9+,14-13+. The first-order valence-corrected chi connectivity index (χ1v) is 5.69. The van der Waals surface area contributed by atoms with E-state index in [1.54, 1.807) is 0 Å². The van der Waals surface area contributed by atoms with Crippen LogP contribution in [0, 0.1) is 5.92 Å². The van der Waals surface area contributed by atoms with E-state index in [4.69, 9.17) is 5.21 Å². The van der Waals surface area contributed by atoms with Gasteiger partial charge >= 0.3 is 0 Å². The van der Waals surface area contributed by atoms with Crippen molar-refractivity contribution < 1.29 is 5.21 Å². The highest BCUT2D eigenvalue weighted by Crippen LogP contribution is 2.16. The Labute approximate surface area is 93.4 Å². The van der Waals surface area contributed by atoms with Crippen molar-refractivity contribution in [3.05, 3.63) is 24.3 Å². The van der Waals surface area contributed by atoms with E-state index >= 15 is 0 Å².